The normalized spacial score (nSPS) is 11.4. The molecule has 0 aliphatic heterocycles. The van der Waals surface area contributed by atoms with Crippen LogP contribution in [0.5, 0.6) is 0 Å². The molecule has 0 atom stereocenters. The van der Waals surface area contributed by atoms with E-state index in [9.17, 15) is 13.2 Å². The molecule has 4 heteroatoms. The molecule has 0 unspecified atom stereocenters. The number of benzene rings is 2. The molecule has 0 radical (unpaired) electrons. The first-order chi connectivity index (χ1) is 9.79. The van der Waals surface area contributed by atoms with E-state index in [0.29, 0.717) is 5.56 Å². The van der Waals surface area contributed by atoms with Gasteiger partial charge < -0.3 is 0 Å². The molecule has 2 rings (SSSR count). The molecule has 0 N–H and O–H groups in total. The van der Waals surface area contributed by atoms with Crippen LogP contribution in [0, 0.1) is 20.8 Å². The second-order valence-corrected chi connectivity index (χ2v) is 7.28. The summed E-state index contributed by atoms with van der Waals surface area (Å²) in [5.74, 6) is -0.883. The first-order valence-corrected chi connectivity index (χ1v) is 8.35. The van der Waals surface area contributed by atoms with Gasteiger partial charge >= 0.3 is 0 Å². The maximum Gasteiger partial charge on any atom is 0.185 e. The van der Waals surface area contributed by atoms with Crippen LogP contribution in [0.25, 0.3) is 0 Å². The second-order valence-electron chi connectivity index (χ2n) is 5.29. The number of sulfone groups is 1. The third-order valence-corrected chi connectivity index (χ3v) is 5.15. The van der Waals surface area contributed by atoms with Crippen LogP contribution in [-0.2, 0) is 9.84 Å². The zero-order valence-corrected chi connectivity index (χ0v) is 13.2. The van der Waals surface area contributed by atoms with Gasteiger partial charge in [-0.05, 0) is 44.0 Å². The van der Waals surface area contributed by atoms with Crippen molar-refractivity contribution >= 4 is 15.6 Å². The van der Waals surface area contributed by atoms with Crippen molar-refractivity contribution in [3.63, 3.8) is 0 Å². The van der Waals surface area contributed by atoms with E-state index < -0.39 is 15.6 Å². The third-order valence-electron chi connectivity index (χ3n) is 3.53. The van der Waals surface area contributed by atoms with Crippen molar-refractivity contribution in [3.05, 3.63) is 64.7 Å². The molecular formula is C17H18O3S. The average molecular weight is 302 g/mol. The van der Waals surface area contributed by atoms with E-state index in [2.05, 4.69) is 0 Å². The number of Topliss-reactive ketones (excluding diaryl/α,β-unsaturated/α-hetero) is 1. The van der Waals surface area contributed by atoms with Gasteiger partial charge in [-0.2, -0.15) is 0 Å². The van der Waals surface area contributed by atoms with E-state index in [1.807, 2.05) is 20.8 Å². The molecule has 2 aromatic carbocycles. The first-order valence-electron chi connectivity index (χ1n) is 6.69. The fourth-order valence-electron chi connectivity index (χ4n) is 1.99. The second kappa shape index (κ2) is 5.82. The first kappa shape index (κ1) is 15.4. The molecule has 3 nitrogen and oxygen atoms in total. The Labute approximate surface area is 125 Å². The van der Waals surface area contributed by atoms with Crippen LogP contribution in [0.15, 0.2) is 47.4 Å². The molecule has 0 aliphatic carbocycles. The van der Waals surface area contributed by atoms with Crippen molar-refractivity contribution in [1.29, 1.82) is 0 Å². The van der Waals surface area contributed by atoms with Gasteiger partial charge in [0.1, 0.15) is 5.75 Å². The van der Waals surface area contributed by atoms with Gasteiger partial charge in [0, 0.05) is 5.56 Å². The summed E-state index contributed by atoms with van der Waals surface area (Å²) >= 11 is 0. The monoisotopic (exact) mass is 302 g/mol. The summed E-state index contributed by atoms with van der Waals surface area (Å²) in [4.78, 5) is 12.3. The Morgan fingerprint density at radius 3 is 2.10 bits per heavy atom. The Balaban J connectivity index is 2.26. The average Bonchev–Trinajstić information content (AvgIpc) is 2.42. The molecule has 0 aromatic heterocycles. The fraction of sp³-hybridized carbons (Fsp3) is 0.235. The molecule has 21 heavy (non-hydrogen) atoms. The van der Waals surface area contributed by atoms with Crippen molar-refractivity contribution < 1.29 is 13.2 Å². The highest BCUT2D eigenvalue weighted by Crippen LogP contribution is 2.17. The van der Waals surface area contributed by atoms with Crippen LogP contribution in [0.1, 0.15) is 27.0 Å². The summed E-state index contributed by atoms with van der Waals surface area (Å²) in [5.41, 5.74) is 3.38. The Morgan fingerprint density at radius 1 is 0.905 bits per heavy atom. The lowest BCUT2D eigenvalue weighted by Crippen LogP contribution is -2.16. The highest BCUT2D eigenvalue weighted by atomic mass is 32.2. The van der Waals surface area contributed by atoms with E-state index >= 15 is 0 Å². The summed E-state index contributed by atoms with van der Waals surface area (Å²) in [7, 11) is -3.61. The Hall–Kier alpha value is -1.94. The third kappa shape index (κ3) is 3.58. The number of rotatable bonds is 4. The van der Waals surface area contributed by atoms with Gasteiger partial charge in [0.15, 0.2) is 15.6 Å². The number of aryl methyl sites for hydroxylation is 3. The van der Waals surface area contributed by atoms with Crippen molar-refractivity contribution in [2.75, 3.05) is 5.75 Å². The minimum Gasteiger partial charge on any atom is -0.293 e. The molecule has 0 aliphatic rings. The van der Waals surface area contributed by atoms with Crippen LogP contribution in [0.3, 0.4) is 0 Å². The molecule has 2 aromatic rings. The van der Waals surface area contributed by atoms with Crippen LogP contribution in [0.2, 0.25) is 0 Å². The highest BCUT2D eigenvalue weighted by Gasteiger charge is 2.20. The fourth-order valence-corrected chi connectivity index (χ4v) is 3.30. The van der Waals surface area contributed by atoms with Crippen LogP contribution in [0.4, 0.5) is 0 Å². The van der Waals surface area contributed by atoms with E-state index in [0.717, 1.165) is 16.7 Å². The molecule has 0 spiro atoms. The van der Waals surface area contributed by atoms with Crippen molar-refractivity contribution in [1.82, 2.24) is 0 Å². The van der Waals surface area contributed by atoms with Crippen LogP contribution < -0.4 is 0 Å². The van der Waals surface area contributed by atoms with Crippen molar-refractivity contribution in [2.45, 2.75) is 25.7 Å². The minimum absolute atomic E-state index is 0.200. The van der Waals surface area contributed by atoms with Crippen LogP contribution in [-0.4, -0.2) is 20.0 Å². The predicted molar refractivity (Wildman–Crippen MR) is 83.5 cm³/mol. The maximum absolute atomic E-state index is 12.3. The Morgan fingerprint density at radius 2 is 1.52 bits per heavy atom. The molecule has 0 saturated carbocycles. The van der Waals surface area contributed by atoms with Crippen LogP contribution >= 0.6 is 0 Å². The van der Waals surface area contributed by atoms with Gasteiger partial charge in [0.2, 0.25) is 0 Å². The van der Waals surface area contributed by atoms with E-state index in [1.54, 1.807) is 42.5 Å². The lowest BCUT2D eigenvalue weighted by Gasteiger charge is -2.07. The highest BCUT2D eigenvalue weighted by molar-refractivity contribution is 7.92. The van der Waals surface area contributed by atoms with Gasteiger partial charge in [-0.25, -0.2) is 8.42 Å². The van der Waals surface area contributed by atoms with Gasteiger partial charge in [0.05, 0.1) is 4.90 Å². The van der Waals surface area contributed by atoms with Gasteiger partial charge in [-0.3, -0.25) is 4.79 Å². The summed E-state index contributed by atoms with van der Waals surface area (Å²) in [5, 5.41) is 0. The summed E-state index contributed by atoms with van der Waals surface area (Å²) in [6.07, 6.45) is 0. The molecule has 0 fully saturated rings. The van der Waals surface area contributed by atoms with E-state index in [-0.39, 0.29) is 10.7 Å². The molecule has 0 amide bonds. The quantitative estimate of drug-likeness (QED) is 0.815. The number of carbonyl (C=O) groups excluding carboxylic acids is 1. The topological polar surface area (TPSA) is 51.2 Å². The van der Waals surface area contributed by atoms with Crippen molar-refractivity contribution in [2.24, 2.45) is 0 Å². The number of ketones is 1. The number of hydrogen-bond acceptors (Lipinski definition) is 3. The molecule has 0 heterocycles. The van der Waals surface area contributed by atoms with E-state index in [1.165, 1.54) is 0 Å². The van der Waals surface area contributed by atoms with E-state index in [4.69, 9.17) is 0 Å². The lowest BCUT2D eigenvalue weighted by molar-refractivity contribution is 0.102. The largest absolute Gasteiger partial charge is 0.293 e. The Bertz CT molecular complexity index is 772. The van der Waals surface area contributed by atoms with Gasteiger partial charge in [-0.15, -0.1) is 0 Å². The zero-order chi connectivity index (χ0) is 15.6. The molecule has 0 bridgehead atoms. The predicted octanol–water partition coefficient (Wildman–Crippen LogP) is 3.27. The maximum atomic E-state index is 12.3. The van der Waals surface area contributed by atoms with Gasteiger partial charge in [-0.1, -0.05) is 35.9 Å². The summed E-state index contributed by atoms with van der Waals surface area (Å²) < 4.78 is 24.7. The standard InChI is InChI=1S/C17H18O3S/c1-12-4-7-15(8-5-12)17(18)11-21(19,20)16-9-6-13(2)14(3)10-16/h4-10H,11H2,1-3H3. The number of carbonyl (C=O) groups is 1. The zero-order valence-electron chi connectivity index (χ0n) is 12.4. The molecular weight excluding hydrogens is 284 g/mol. The van der Waals surface area contributed by atoms with Gasteiger partial charge in [0.25, 0.3) is 0 Å². The number of hydrogen-bond donors (Lipinski definition) is 0. The Kier molecular flexibility index (Phi) is 4.28. The summed E-state index contributed by atoms with van der Waals surface area (Å²) in [6.45, 7) is 5.69. The summed E-state index contributed by atoms with van der Waals surface area (Å²) in [6, 6.07) is 11.9. The minimum atomic E-state index is -3.61. The smallest absolute Gasteiger partial charge is 0.185 e. The molecule has 0 saturated heterocycles. The lowest BCUT2D eigenvalue weighted by atomic mass is 10.1. The SMILES string of the molecule is Cc1ccc(C(=O)CS(=O)(=O)c2ccc(C)c(C)c2)cc1. The molecule has 110 valence electrons. The van der Waals surface area contributed by atoms with Crippen molar-refractivity contribution in [3.8, 4) is 0 Å².